The average molecular weight is 272 g/mol. The smallest absolute Gasteiger partial charge is 0.0624 e. The van der Waals surface area contributed by atoms with Crippen molar-refractivity contribution in [3.63, 3.8) is 0 Å². The molecule has 1 saturated heterocycles. The Balaban J connectivity index is 2.20. The van der Waals surface area contributed by atoms with E-state index >= 15 is 0 Å². The third-order valence-electron chi connectivity index (χ3n) is 3.62. The van der Waals surface area contributed by atoms with E-state index in [-0.39, 0.29) is 5.54 Å². The zero-order valence-corrected chi connectivity index (χ0v) is 11.7. The second-order valence-corrected chi connectivity index (χ2v) is 5.74. The first kappa shape index (κ1) is 13.2. The van der Waals surface area contributed by atoms with Crippen LogP contribution >= 0.6 is 23.2 Å². The predicted molar refractivity (Wildman–Crippen MR) is 75.0 cm³/mol. The summed E-state index contributed by atoms with van der Waals surface area (Å²) in [5.41, 5.74) is 1.41. The maximum Gasteiger partial charge on any atom is 0.0624 e. The van der Waals surface area contributed by atoms with Crippen LogP contribution in [-0.4, -0.2) is 12.1 Å². The normalized spacial score (nSPS) is 24.2. The van der Waals surface area contributed by atoms with E-state index < -0.39 is 0 Å². The summed E-state index contributed by atoms with van der Waals surface area (Å²) in [6.07, 6.45) is 5.89. The van der Waals surface area contributed by atoms with Gasteiger partial charge in [-0.25, -0.2) is 0 Å². The lowest BCUT2D eigenvalue weighted by Crippen LogP contribution is -2.41. The molecular weight excluding hydrogens is 253 g/mol. The highest BCUT2D eigenvalue weighted by Crippen LogP contribution is 2.33. The van der Waals surface area contributed by atoms with E-state index in [2.05, 4.69) is 18.3 Å². The molecule has 1 nitrogen and oxygen atoms in total. The monoisotopic (exact) mass is 271 g/mol. The topological polar surface area (TPSA) is 12.0 Å². The van der Waals surface area contributed by atoms with Crippen LogP contribution in [0.3, 0.4) is 0 Å². The summed E-state index contributed by atoms with van der Waals surface area (Å²) < 4.78 is 0. The summed E-state index contributed by atoms with van der Waals surface area (Å²) in [6, 6.07) is 5.92. The Hall–Kier alpha value is -0.240. The molecule has 0 aliphatic carbocycles. The SMILES string of the molecule is CCCC1(Cc2cccc(Cl)c2Cl)CCCN1. The summed E-state index contributed by atoms with van der Waals surface area (Å²) >= 11 is 12.3. The van der Waals surface area contributed by atoms with Gasteiger partial charge in [0.25, 0.3) is 0 Å². The lowest BCUT2D eigenvalue weighted by Gasteiger charge is -2.30. The molecule has 3 heteroatoms. The molecule has 1 aromatic carbocycles. The molecule has 1 aromatic rings. The van der Waals surface area contributed by atoms with Gasteiger partial charge in [-0.2, -0.15) is 0 Å². The first-order valence-corrected chi connectivity index (χ1v) is 7.10. The Kier molecular flexibility index (Phi) is 4.35. The van der Waals surface area contributed by atoms with Crippen LogP contribution in [0.25, 0.3) is 0 Å². The van der Waals surface area contributed by atoms with E-state index in [0.717, 1.165) is 18.0 Å². The fourth-order valence-electron chi connectivity index (χ4n) is 2.85. The second kappa shape index (κ2) is 5.60. The molecule has 0 bridgehead atoms. The molecule has 1 N–H and O–H groups in total. The van der Waals surface area contributed by atoms with E-state index in [0.29, 0.717) is 5.02 Å². The van der Waals surface area contributed by atoms with Crippen molar-refractivity contribution in [2.75, 3.05) is 6.54 Å². The Morgan fingerprint density at radius 3 is 2.82 bits per heavy atom. The lowest BCUT2D eigenvalue weighted by atomic mass is 9.85. The van der Waals surface area contributed by atoms with Crippen LogP contribution in [-0.2, 0) is 6.42 Å². The van der Waals surface area contributed by atoms with Crippen LogP contribution in [0.1, 0.15) is 38.2 Å². The van der Waals surface area contributed by atoms with Crippen molar-refractivity contribution in [3.8, 4) is 0 Å². The molecule has 1 aliphatic heterocycles. The van der Waals surface area contributed by atoms with Gasteiger partial charge in [-0.15, -0.1) is 0 Å². The van der Waals surface area contributed by atoms with Gasteiger partial charge in [0.15, 0.2) is 0 Å². The number of rotatable bonds is 4. The van der Waals surface area contributed by atoms with Crippen molar-refractivity contribution in [1.29, 1.82) is 0 Å². The van der Waals surface area contributed by atoms with Crippen LogP contribution < -0.4 is 5.32 Å². The summed E-state index contributed by atoms with van der Waals surface area (Å²) in [7, 11) is 0. The van der Waals surface area contributed by atoms with E-state index in [9.17, 15) is 0 Å². The summed E-state index contributed by atoms with van der Waals surface area (Å²) in [5.74, 6) is 0. The number of nitrogens with one attached hydrogen (secondary N) is 1. The number of halogens is 2. The minimum atomic E-state index is 0.239. The van der Waals surface area contributed by atoms with Crippen LogP contribution in [0.2, 0.25) is 10.0 Å². The molecular formula is C14H19Cl2N. The molecule has 2 rings (SSSR count). The van der Waals surface area contributed by atoms with Gasteiger partial charge in [0, 0.05) is 5.54 Å². The van der Waals surface area contributed by atoms with Gasteiger partial charge in [-0.3, -0.25) is 0 Å². The average Bonchev–Trinajstić information content (AvgIpc) is 2.74. The maximum atomic E-state index is 6.27. The summed E-state index contributed by atoms with van der Waals surface area (Å²) in [4.78, 5) is 0. The van der Waals surface area contributed by atoms with Gasteiger partial charge in [-0.1, -0.05) is 48.7 Å². The molecule has 0 aromatic heterocycles. The van der Waals surface area contributed by atoms with Crippen molar-refractivity contribution >= 4 is 23.2 Å². The number of benzene rings is 1. The standard InChI is InChI=1S/C14H19Cl2N/c1-2-7-14(8-4-9-17-14)10-11-5-3-6-12(15)13(11)16/h3,5-6,17H,2,4,7-10H2,1H3. The zero-order chi connectivity index (χ0) is 12.3. The van der Waals surface area contributed by atoms with Crippen molar-refractivity contribution < 1.29 is 0 Å². The fourth-order valence-corrected chi connectivity index (χ4v) is 3.24. The number of hydrogen-bond acceptors (Lipinski definition) is 1. The van der Waals surface area contributed by atoms with Crippen LogP contribution in [0.5, 0.6) is 0 Å². The number of hydrogen-bond donors (Lipinski definition) is 1. The van der Waals surface area contributed by atoms with Gasteiger partial charge in [0.05, 0.1) is 10.0 Å². The molecule has 1 atom stereocenters. The van der Waals surface area contributed by atoms with Crippen LogP contribution in [0.4, 0.5) is 0 Å². The van der Waals surface area contributed by atoms with Crippen molar-refractivity contribution in [1.82, 2.24) is 5.32 Å². The molecule has 0 amide bonds. The maximum absolute atomic E-state index is 6.27. The Morgan fingerprint density at radius 1 is 1.35 bits per heavy atom. The molecule has 94 valence electrons. The highest BCUT2D eigenvalue weighted by molar-refractivity contribution is 6.42. The van der Waals surface area contributed by atoms with Gasteiger partial charge >= 0.3 is 0 Å². The Morgan fingerprint density at radius 2 is 2.18 bits per heavy atom. The van der Waals surface area contributed by atoms with Crippen molar-refractivity contribution in [2.24, 2.45) is 0 Å². The van der Waals surface area contributed by atoms with E-state index in [1.165, 1.54) is 31.2 Å². The molecule has 1 unspecified atom stereocenters. The zero-order valence-electron chi connectivity index (χ0n) is 10.2. The molecule has 1 fully saturated rings. The minimum Gasteiger partial charge on any atom is -0.311 e. The Labute approximate surface area is 114 Å². The summed E-state index contributed by atoms with van der Waals surface area (Å²) in [6.45, 7) is 3.36. The van der Waals surface area contributed by atoms with Crippen molar-refractivity contribution in [3.05, 3.63) is 33.8 Å². The van der Waals surface area contributed by atoms with E-state index in [1.807, 2.05) is 12.1 Å². The molecule has 1 aliphatic rings. The van der Waals surface area contributed by atoms with E-state index in [4.69, 9.17) is 23.2 Å². The van der Waals surface area contributed by atoms with Crippen molar-refractivity contribution in [2.45, 2.75) is 44.6 Å². The molecule has 1 heterocycles. The molecule has 0 radical (unpaired) electrons. The predicted octanol–water partition coefficient (Wildman–Crippen LogP) is 4.46. The third-order valence-corrected chi connectivity index (χ3v) is 4.48. The molecule has 0 saturated carbocycles. The molecule has 17 heavy (non-hydrogen) atoms. The fraction of sp³-hybridized carbons (Fsp3) is 0.571. The van der Waals surface area contributed by atoms with Gasteiger partial charge in [0.1, 0.15) is 0 Å². The van der Waals surface area contributed by atoms with Crippen LogP contribution in [0.15, 0.2) is 18.2 Å². The molecule has 0 spiro atoms. The van der Waals surface area contributed by atoms with Gasteiger partial charge in [0.2, 0.25) is 0 Å². The lowest BCUT2D eigenvalue weighted by molar-refractivity contribution is 0.342. The minimum absolute atomic E-state index is 0.239. The first-order chi connectivity index (χ1) is 8.17. The third kappa shape index (κ3) is 2.96. The highest BCUT2D eigenvalue weighted by atomic mass is 35.5. The van der Waals surface area contributed by atoms with Gasteiger partial charge < -0.3 is 5.32 Å². The summed E-state index contributed by atoms with van der Waals surface area (Å²) in [5, 5.41) is 5.05. The first-order valence-electron chi connectivity index (χ1n) is 6.35. The largest absolute Gasteiger partial charge is 0.311 e. The highest BCUT2D eigenvalue weighted by Gasteiger charge is 2.33. The quantitative estimate of drug-likeness (QED) is 0.853. The van der Waals surface area contributed by atoms with Gasteiger partial charge in [-0.05, 0) is 43.9 Å². The van der Waals surface area contributed by atoms with E-state index in [1.54, 1.807) is 0 Å². The Bertz CT molecular complexity index is 384. The van der Waals surface area contributed by atoms with Crippen LogP contribution in [0, 0.1) is 0 Å². The second-order valence-electron chi connectivity index (χ2n) is 4.95.